The van der Waals surface area contributed by atoms with Gasteiger partial charge in [-0.1, -0.05) is 0 Å². The number of amides is 1. The van der Waals surface area contributed by atoms with Gasteiger partial charge in [0.25, 0.3) is 0 Å². The highest BCUT2D eigenvalue weighted by Crippen LogP contribution is 2.40. The van der Waals surface area contributed by atoms with Crippen molar-refractivity contribution in [2.45, 2.75) is 32.9 Å². The van der Waals surface area contributed by atoms with E-state index in [-0.39, 0.29) is 23.4 Å². The Bertz CT molecular complexity index is 1560. The van der Waals surface area contributed by atoms with E-state index in [4.69, 9.17) is 18.9 Å². The van der Waals surface area contributed by atoms with Crippen molar-refractivity contribution in [3.8, 4) is 17.2 Å². The van der Waals surface area contributed by atoms with E-state index in [1.54, 1.807) is 23.1 Å². The first-order valence-corrected chi connectivity index (χ1v) is 15.2. The first-order chi connectivity index (χ1) is 21.1. The third-order valence-corrected chi connectivity index (χ3v) is 8.07. The number of nitrogens with one attached hydrogen (secondary N) is 1. The molecule has 0 spiro atoms. The van der Waals surface area contributed by atoms with Crippen molar-refractivity contribution in [3.63, 3.8) is 0 Å². The van der Waals surface area contributed by atoms with Gasteiger partial charge in [0.2, 0.25) is 5.78 Å². The number of piperazine rings is 1. The van der Waals surface area contributed by atoms with Gasteiger partial charge in [-0.3, -0.25) is 14.6 Å². The molecule has 2 fully saturated rings. The summed E-state index contributed by atoms with van der Waals surface area (Å²) in [7, 11) is 0. The number of morpholine rings is 1. The molecule has 1 amide bonds. The molecule has 0 radical (unpaired) electrons. The second kappa shape index (κ2) is 12.5. The summed E-state index contributed by atoms with van der Waals surface area (Å²) in [4.78, 5) is 35.3. The number of carbonyl (C=O) groups excluding carboxylic acids is 2. The van der Waals surface area contributed by atoms with Crippen LogP contribution in [0.15, 0.2) is 42.3 Å². The predicted molar refractivity (Wildman–Crippen MR) is 165 cm³/mol. The molecule has 0 saturated carbocycles. The van der Waals surface area contributed by atoms with E-state index in [1.807, 2.05) is 45.2 Å². The van der Waals surface area contributed by atoms with Gasteiger partial charge in [0, 0.05) is 75.0 Å². The first-order valence-electron chi connectivity index (χ1n) is 15.2. The number of aromatic nitrogens is 1. The highest BCUT2D eigenvalue weighted by molar-refractivity contribution is 6.15. The number of hydrogen-bond donors (Lipinski definition) is 2. The Morgan fingerprint density at radius 2 is 1.82 bits per heavy atom. The summed E-state index contributed by atoms with van der Waals surface area (Å²) in [5, 5.41) is 11.7. The molecule has 3 aromatic rings. The number of rotatable bonds is 7. The van der Waals surface area contributed by atoms with Crippen LogP contribution in [0.1, 0.15) is 42.3 Å². The number of aromatic amines is 1. The Balaban J connectivity index is 1.13. The zero-order chi connectivity index (χ0) is 30.8. The fourth-order valence-corrected chi connectivity index (χ4v) is 5.68. The summed E-state index contributed by atoms with van der Waals surface area (Å²) >= 11 is 0. The van der Waals surface area contributed by atoms with E-state index in [0.717, 1.165) is 55.1 Å². The molecule has 0 atom stereocenters. The third kappa shape index (κ3) is 6.69. The van der Waals surface area contributed by atoms with E-state index in [9.17, 15) is 14.7 Å². The van der Waals surface area contributed by atoms with Gasteiger partial charge in [0.1, 0.15) is 29.5 Å². The smallest absolute Gasteiger partial charge is 0.410 e. The number of phenolic OH excluding ortho intramolecular Hbond substituents is 1. The van der Waals surface area contributed by atoms with E-state index in [2.05, 4.69) is 14.8 Å². The van der Waals surface area contributed by atoms with Crippen LogP contribution >= 0.6 is 0 Å². The van der Waals surface area contributed by atoms with Gasteiger partial charge >= 0.3 is 6.09 Å². The molecule has 11 nitrogen and oxygen atoms in total. The van der Waals surface area contributed by atoms with Gasteiger partial charge < -0.3 is 33.9 Å². The van der Waals surface area contributed by atoms with E-state index in [0.29, 0.717) is 56.2 Å². The molecule has 0 bridgehead atoms. The summed E-state index contributed by atoms with van der Waals surface area (Å²) in [6.07, 6.45) is 3.25. The Morgan fingerprint density at radius 1 is 1.05 bits per heavy atom. The predicted octanol–water partition coefficient (Wildman–Crippen LogP) is 4.25. The number of ketones is 1. The number of phenols is 1. The average Bonchev–Trinajstić information content (AvgIpc) is 3.54. The molecule has 44 heavy (non-hydrogen) atoms. The van der Waals surface area contributed by atoms with Crippen molar-refractivity contribution in [1.82, 2.24) is 19.7 Å². The number of ether oxygens (including phenoxy) is 4. The molecule has 234 valence electrons. The minimum atomic E-state index is -0.550. The van der Waals surface area contributed by atoms with Gasteiger partial charge in [-0.15, -0.1) is 0 Å². The van der Waals surface area contributed by atoms with Crippen LogP contribution < -0.4 is 9.47 Å². The van der Waals surface area contributed by atoms with Gasteiger partial charge in [-0.05, 0) is 57.2 Å². The second-order valence-corrected chi connectivity index (χ2v) is 12.4. The minimum Gasteiger partial charge on any atom is -0.507 e. The lowest BCUT2D eigenvalue weighted by Crippen LogP contribution is -2.49. The van der Waals surface area contributed by atoms with Crippen molar-refractivity contribution >= 4 is 28.9 Å². The molecule has 4 heterocycles. The van der Waals surface area contributed by atoms with Crippen LogP contribution in [0.2, 0.25) is 0 Å². The fourth-order valence-electron chi connectivity index (χ4n) is 5.68. The zero-order valence-corrected chi connectivity index (χ0v) is 25.6. The van der Waals surface area contributed by atoms with Crippen LogP contribution in [0.5, 0.6) is 17.2 Å². The van der Waals surface area contributed by atoms with E-state index in [1.165, 1.54) is 0 Å². The molecule has 0 unspecified atom stereocenters. The number of benzene rings is 2. The number of allylic oxidation sites excluding steroid dienone is 1. The van der Waals surface area contributed by atoms with Gasteiger partial charge in [-0.25, -0.2) is 4.79 Å². The first kappa shape index (κ1) is 30.0. The topological polar surface area (TPSA) is 117 Å². The second-order valence-electron chi connectivity index (χ2n) is 12.4. The molecule has 2 aromatic carbocycles. The molecule has 3 aliphatic heterocycles. The summed E-state index contributed by atoms with van der Waals surface area (Å²) in [5.74, 6) is 1.16. The number of Topliss-reactive ketones (excluding diaryl/α,β-unsaturated/α-hetero) is 1. The zero-order valence-electron chi connectivity index (χ0n) is 25.6. The molecular formula is C33H40N4O7. The van der Waals surface area contributed by atoms with Crippen molar-refractivity contribution in [3.05, 3.63) is 59.0 Å². The Kier molecular flexibility index (Phi) is 8.53. The van der Waals surface area contributed by atoms with Gasteiger partial charge in [-0.2, -0.15) is 0 Å². The lowest BCUT2D eigenvalue weighted by Gasteiger charge is -2.35. The molecular weight excluding hydrogens is 564 g/mol. The maximum Gasteiger partial charge on any atom is 0.410 e. The fraction of sp³-hybridized carbons (Fsp3) is 0.455. The van der Waals surface area contributed by atoms with Gasteiger partial charge in [0.15, 0.2) is 5.76 Å². The number of fused-ring (bicyclic) bond motifs is 2. The largest absolute Gasteiger partial charge is 0.507 e. The summed E-state index contributed by atoms with van der Waals surface area (Å²) in [6, 6.07) is 9.02. The minimum absolute atomic E-state index is 0.0679. The molecule has 2 N–H and O–H groups in total. The van der Waals surface area contributed by atoms with Crippen LogP contribution in [-0.2, 0) is 16.0 Å². The van der Waals surface area contributed by atoms with Crippen molar-refractivity contribution < 1.29 is 33.6 Å². The molecule has 6 rings (SSSR count). The van der Waals surface area contributed by atoms with Crippen LogP contribution in [0.4, 0.5) is 4.79 Å². The quantitative estimate of drug-likeness (QED) is 0.382. The lowest BCUT2D eigenvalue weighted by molar-refractivity contribution is 0.0137. The molecule has 0 aliphatic carbocycles. The summed E-state index contributed by atoms with van der Waals surface area (Å²) in [6.45, 7) is 12.9. The van der Waals surface area contributed by atoms with Gasteiger partial charge in [0.05, 0.1) is 24.3 Å². The van der Waals surface area contributed by atoms with Crippen LogP contribution in [0, 0.1) is 0 Å². The highest BCUT2D eigenvalue weighted by Gasteiger charge is 2.33. The SMILES string of the molecule is CC(C)(C)OC(=O)N1CCN(Cc2c(O)ccc3c2OC(=Cc2c[nH]c4ccc(OCCN5CCOCC5)cc24)C3=O)CC1. The number of carbonyl (C=O) groups is 2. The Hall–Kier alpha value is -4.06. The summed E-state index contributed by atoms with van der Waals surface area (Å²) in [5.41, 5.74) is 2.15. The van der Waals surface area contributed by atoms with Crippen molar-refractivity contribution in [1.29, 1.82) is 0 Å². The molecule has 2 saturated heterocycles. The van der Waals surface area contributed by atoms with Crippen molar-refractivity contribution in [2.75, 3.05) is 65.6 Å². The van der Waals surface area contributed by atoms with E-state index < -0.39 is 5.60 Å². The molecule has 3 aliphatic rings. The van der Waals surface area contributed by atoms with Crippen LogP contribution in [-0.4, -0.2) is 108 Å². The Labute approximate surface area is 256 Å². The summed E-state index contributed by atoms with van der Waals surface area (Å²) < 4.78 is 23.1. The Morgan fingerprint density at radius 3 is 2.57 bits per heavy atom. The highest BCUT2D eigenvalue weighted by atomic mass is 16.6. The number of nitrogens with zero attached hydrogens (tertiary/aromatic N) is 3. The maximum atomic E-state index is 13.4. The lowest BCUT2D eigenvalue weighted by atomic mass is 10.0. The average molecular weight is 605 g/mol. The molecule has 11 heteroatoms. The number of hydrogen-bond acceptors (Lipinski definition) is 9. The maximum absolute atomic E-state index is 13.4. The third-order valence-electron chi connectivity index (χ3n) is 8.07. The van der Waals surface area contributed by atoms with Crippen molar-refractivity contribution in [2.24, 2.45) is 0 Å². The normalized spacial score (nSPS) is 18.9. The number of H-pyrrole nitrogens is 1. The standard InChI is InChI=1S/C33H40N4O7/c1-33(2,3)44-32(40)37-10-8-36(9-11-37)21-26-28(38)7-5-24-30(39)29(43-31(24)26)18-22-20-34-27-6-4-23(19-25(22)27)42-17-14-35-12-15-41-16-13-35/h4-7,18-20,34,38H,8-17,21H2,1-3H3. The van der Waals surface area contributed by atoms with E-state index >= 15 is 0 Å². The van der Waals surface area contributed by atoms with Crippen LogP contribution in [0.3, 0.4) is 0 Å². The monoisotopic (exact) mass is 604 g/mol. The molecule has 1 aromatic heterocycles. The van der Waals surface area contributed by atoms with Crippen LogP contribution in [0.25, 0.3) is 17.0 Å². The number of aromatic hydroxyl groups is 1.